The fourth-order valence-corrected chi connectivity index (χ4v) is 1.98. The Hall–Kier alpha value is -3.09. The molecule has 1 atom stereocenters. The van der Waals surface area contributed by atoms with E-state index in [2.05, 4.69) is 10.3 Å². The first kappa shape index (κ1) is 18.3. The minimum absolute atomic E-state index is 0.251. The highest BCUT2D eigenvalue weighted by atomic mass is 16.5. The first-order valence-electron chi connectivity index (χ1n) is 7.78. The highest BCUT2D eigenvalue weighted by Gasteiger charge is 2.16. The molecule has 1 unspecified atom stereocenters. The molecule has 1 N–H and O–H groups in total. The number of rotatable bonds is 7. The number of pyridine rings is 1. The maximum atomic E-state index is 12.2. The summed E-state index contributed by atoms with van der Waals surface area (Å²) >= 11 is 0. The normalized spacial score (nSPS) is 11.3. The molecule has 1 aromatic heterocycles. The van der Waals surface area contributed by atoms with Gasteiger partial charge in [-0.1, -0.05) is 0 Å². The highest BCUT2D eigenvalue weighted by molar-refractivity contribution is 5.95. The molecule has 132 valence electrons. The van der Waals surface area contributed by atoms with Crippen LogP contribution in [-0.2, 0) is 9.53 Å². The molecule has 7 nitrogen and oxygen atoms in total. The van der Waals surface area contributed by atoms with E-state index < -0.39 is 12.1 Å². The molecule has 0 radical (unpaired) electrons. The number of nitrogens with one attached hydrogen (secondary N) is 1. The standard InChI is InChI=1S/C18H20N2O5/c1-4-24-18(22)13-9-10-19-16(11-13)20-17(21)12(2)25-15-7-5-14(23-3)6-8-15/h5-12H,4H2,1-3H3,(H,19,20,21). The molecule has 0 aliphatic carbocycles. The number of ether oxygens (including phenoxy) is 3. The quantitative estimate of drug-likeness (QED) is 0.777. The van der Waals surface area contributed by atoms with E-state index in [1.807, 2.05) is 0 Å². The number of nitrogens with zero attached hydrogens (tertiary/aromatic N) is 1. The first-order valence-corrected chi connectivity index (χ1v) is 7.78. The van der Waals surface area contributed by atoms with Gasteiger partial charge < -0.3 is 19.5 Å². The zero-order chi connectivity index (χ0) is 18.2. The molecule has 2 rings (SSSR count). The van der Waals surface area contributed by atoms with Crippen LogP contribution in [0, 0.1) is 0 Å². The third-order valence-corrected chi connectivity index (χ3v) is 3.26. The Kier molecular flexibility index (Phi) is 6.33. The van der Waals surface area contributed by atoms with E-state index in [0.29, 0.717) is 17.1 Å². The minimum atomic E-state index is -0.749. The van der Waals surface area contributed by atoms with Gasteiger partial charge in [-0.2, -0.15) is 0 Å². The van der Waals surface area contributed by atoms with Gasteiger partial charge in [0.15, 0.2) is 6.10 Å². The lowest BCUT2D eigenvalue weighted by molar-refractivity contribution is -0.122. The maximum absolute atomic E-state index is 12.2. The predicted molar refractivity (Wildman–Crippen MR) is 91.9 cm³/mol. The van der Waals surface area contributed by atoms with E-state index in [1.165, 1.54) is 18.3 Å². The van der Waals surface area contributed by atoms with E-state index in [-0.39, 0.29) is 18.3 Å². The van der Waals surface area contributed by atoms with Gasteiger partial charge in [0.25, 0.3) is 5.91 Å². The van der Waals surface area contributed by atoms with Gasteiger partial charge in [-0.05, 0) is 50.2 Å². The third kappa shape index (κ3) is 5.20. The molecular formula is C18H20N2O5. The van der Waals surface area contributed by atoms with E-state index in [4.69, 9.17) is 14.2 Å². The van der Waals surface area contributed by atoms with Gasteiger partial charge in [-0.3, -0.25) is 4.79 Å². The summed E-state index contributed by atoms with van der Waals surface area (Å²) in [5.74, 6) is 0.633. The smallest absolute Gasteiger partial charge is 0.338 e. The predicted octanol–water partition coefficient (Wildman–Crippen LogP) is 2.67. The SMILES string of the molecule is CCOC(=O)c1ccnc(NC(=O)C(C)Oc2ccc(OC)cc2)c1. The van der Waals surface area contributed by atoms with Crippen molar-refractivity contribution >= 4 is 17.7 Å². The molecule has 0 bridgehead atoms. The molecule has 0 saturated carbocycles. The van der Waals surface area contributed by atoms with Crippen LogP contribution in [0.5, 0.6) is 11.5 Å². The van der Waals surface area contributed by atoms with Gasteiger partial charge in [0.2, 0.25) is 0 Å². The molecule has 2 aromatic rings. The largest absolute Gasteiger partial charge is 0.497 e. The Morgan fingerprint density at radius 3 is 2.48 bits per heavy atom. The van der Waals surface area contributed by atoms with E-state index in [9.17, 15) is 9.59 Å². The lowest BCUT2D eigenvalue weighted by atomic mass is 10.2. The number of carbonyl (C=O) groups excluding carboxylic acids is 2. The molecule has 0 aliphatic heterocycles. The van der Waals surface area contributed by atoms with Gasteiger partial charge in [-0.25, -0.2) is 9.78 Å². The molecule has 0 saturated heterocycles. The molecule has 1 amide bonds. The third-order valence-electron chi connectivity index (χ3n) is 3.26. The average molecular weight is 344 g/mol. The molecule has 1 aromatic carbocycles. The lowest BCUT2D eigenvalue weighted by Crippen LogP contribution is -2.30. The van der Waals surface area contributed by atoms with Crippen LogP contribution in [0.1, 0.15) is 24.2 Å². The zero-order valence-electron chi connectivity index (χ0n) is 14.3. The monoisotopic (exact) mass is 344 g/mol. The lowest BCUT2D eigenvalue weighted by Gasteiger charge is -2.15. The topological polar surface area (TPSA) is 86.8 Å². The second kappa shape index (κ2) is 8.68. The summed E-state index contributed by atoms with van der Waals surface area (Å²) < 4.78 is 15.6. The van der Waals surface area contributed by atoms with E-state index in [0.717, 1.165) is 0 Å². The Morgan fingerprint density at radius 1 is 1.16 bits per heavy atom. The fraction of sp³-hybridized carbons (Fsp3) is 0.278. The number of methoxy groups -OCH3 is 1. The highest BCUT2D eigenvalue weighted by Crippen LogP contribution is 2.18. The second-order valence-corrected chi connectivity index (χ2v) is 5.08. The van der Waals surface area contributed by atoms with Crippen molar-refractivity contribution in [1.29, 1.82) is 0 Å². The maximum Gasteiger partial charge on any atom is 0.338 e. The number of esters is 1. The number of aromatic nitrogens is 1. The van der Waals surface area contributed by atoms with Crippen molar-refractivity contribution in [3.8, 4) is 11.5 Å². The number of anilines is 1. The van der Waals surface area contributed by atoms with Gasteiger partial charge in [-0.15, -0.1) is 0 Å². The van der Waals surface area contributed by atoms with Crippen molar-refractivity contribution in [1.82, 2.24) is 4.98 Å². The number of carbonyl (C=O) groups is 2. The summed E-state index contributed by atoms with van der Waals surface area (Å²) in [6.07, 6.45) is 0.679. The summed E-state index contributed by atoms with van der Waals surface area (Å²) in [6, 6.07) is 9.88. The van der Waals surface area contributed by atoms with Crippen molar-refractivity contribution in [2.45, 2.75) is 20.0 Å². The van der Waals surface area contributed by atoms with Crippen molar-refractivity contribution in [3.05, 3.63) is 48.2 Å². The number of amides is 1. The summed E-state index contributed by atoms with van der Waals surface area (Å²) in [5.41, 5.74) is 0.316. The Balaban J connectivity index is 1.98. The van der Waals surface area contributed by atoms with Crippen LogP contribution in [-0.4, -0.2) is 36.7 Å². The van der Waals surface area contributed by atoms with Crippen LogP contribution in [0.3, 0.4) is 0 Å². The van der Waals surface area contributed by atoms with Crippen molar-refractivity contribution in [2.24, 2.45) is 0 Å². The van der Waals surface area contributed by atoms with Gasteiger partial charge >= 0.3 is 5.97 Å². The molecular weight excluding hydrogens is 324 g/mol. The van der Waals surface area contributed by atoms with Crippen LogP contribution < -0.4 is 14.8 Å². The van der Waals surface area contributed by atoms with Crippen LogP contribution in [0.2, 0.25) is 0 Å². The Bertz CT molecular complexity index is 731. The number of hydrogen-bond acceptors (Lipinski definition) is 6. The van der Waals surface area contributed by atoms with E-state index >= 15 is 0 Å². The molecule has 25 heavy (non-hydrogen) atoms. The summed E-state index contributed by atoms with van der Waals surface area (Å²) in [6.45, 7) is 3.62. The zero-order valence-corrected chi connectivity index (χ0v) is 14.3. The van der Waals surface area contributed by atoms with Crippen LogP contribution in [0.25, 0.3) is 0 Å². The van der Waals surface area contributed by atoms with Crippen LogP contribution in [0.4, 0.5) is 5.82 Å². The minimum Gasteiger partial charge on any atom is -0.497 e. The van der Waals surface area contributed by atoms with Crippen molar-refractivity contribution in [2.75, 3.05) is 19.0 Å². The van der Waals surface area contributed by atoms with Gasteiger partial charge in [0.1, 0.15) is 17.3 Å². The molecule has 1 heterocycles. The van der Waals surface area contributed by atoms with Gasteiger partial charge in [0.05, 0.1) is 19.3 Å². The molecule has 0 aliphatic rings. The van der Waals surface area contributed by atoms with Crippen molar-refractivity contribution in [3.63, 3.8) is 0 Å². The van der Waals surface area contributed by atoms with Gasteiger partial charge in [0, 0.05) is 6.20 Å². The van der Waals surface area contributed by atoms with E-state index in [1.54, 1.807) is 45.2 Å². The molecule has 7 heteroatoms. The van der Waals surface area contributed by atoms with Crippen LogP contribution in [0.15, 0.2) is 42.6 Å². The van der Waals surface area contributed by atoms with Crippen molar-refractivity contribution < 1.29 is 23.8 Å². The Labute approximate surface area is 145 Å². The first-order chi connectivity index (χ1) is 12.0. The number of hydrogen-bond donors (Lipinski definition) is 1. The average Bonchev–Trinajstić information content (AvgIpc) is 2.62. The summed E-state index contributed by atoms with van der Waals surface area (Å²) in [5, 5.41) is 2.61. The Morgan fingerprint density at radius 2 is 1.84 bits per heavy atom. The number of benzene rings is 1. The molecule has 0 spiro atoms. The van der Waals surface area contributed by atoms with Crippen LogP contribution >= 0.6 is 0 Å². The summed E-state index contributed by atoms with van der Waals surface area (Å²) in [7, 11) is 1.57. The summed E-state index contributed by atoms with van der Waals surface area (Å²) in [4.78, 5) is 28.0. The molecule has 0 fully saturated rings. The second-order valence-electron chi connectivity index (χ2n) is 5.08. The fourth-order valence-electron chi connectivity index (χ4n) is 1.98.